The maximum Gasteiger partial charge on any atom is 0.329 e. The van der Waals surface area contributed by atoms with E-state index in [2.05, 4.69) is 53.4 Å². The predicted octanol–water partition coefficient (Wildman–Crippen LogP) is 7.67. The summed E-state index contributed by atoms with van der Waals surface area (Å²) in [7, 11) is 2.14. The Bertz CT molecular complexity index is 1690. The molecule has 14 atom stereocenters. The van der Waals surface area contributed by atoms with Crippen LogP contribution >= 0.6 is 0 Å². The summed E-state index contributed by atoms with van der Waals surface area (Å²) >= 11 is 0. The first-order valence-electron chi connectivity index (χ1n) is 23.8. The van der Waals surface area contributed by atoms with Gasteiger partial charge in [-0.25, -0.2) is 4.79 Å². The van der Waals surface area contributed by atoms with Gasteiger partial charge in [0.2, 0.25) is 5.79 Å². The quantitative estimate of drug-likeness (QED) is 0.100. The molecule has 1 saturated carbocycles. The number of hydrogen-bond acceptors (Lipinski definition) is 12. The maximum absolute atomic E-state index is 14.8. The van der Waals surface area contributed by atoms with Crippen LogP contribution in [0.25, 0.3) is 0 Å². The van der Waals surface area contributed by atoms with Crippen LogP contribution in [0, 0.1) is 29.6 Å². The van der Waals surface area contributed by atoms with E-state index in [9.17, 15) is 29.4 Å². The summed E-state index contributed by atoms with van der Waals surface area (Å²) < 4.78 is 37.6. The Hall–Kier alpha value is -2.56. The number of cyclic esters (lactones) is 1. The SMILES string of the molecule is C=CCC1/C=C(/C)CC(C)CC(OC)C2OC(O)(C(=O)C(=O)N3CCCCC3C(=O)OC(/C(C)=C/C3CCC(O)C(OC)C3)C(C)C(O[Si](C)(C)C(C)(C)C)CC1=O)C(C)CC2OC. The second-order valence-corrected chi connectivity index (χ2v) is 25.9. The summed E-state index contributed by atoms with van der Waals surface area (Å²) in [6.45, 7) is 24.5. The monoisotopic (exact) mass is 918 g/mol. The molecule has 364 valence electrons. The van der Waals surface area contributed by atoms with Gasteiger partial charge in [0.15, 0.2) is 8.32 Å². The highest BCUT2D eigenvalue weighted by Gasteiger charge is 2.57. The van der Waals surface area contributed by atoms with E-state index >= 15 is 0 Å². The Kier molecular flexibility index (Phi) is 19.4. The number of ketones is 2. The van der Waals surface area contributed by atoms with E-state index in [0.717, 1.165) is 11.1 Å². The van der Waals surface area contributed by atoms with Crippen LogP contribution in [-0.4, -0.2) is 129 Å². The minimum absolute atomic E-state index is 0.00597. The number of allylic oxidation sites excluding steroid dienone is 4. The number of nitrogens with zero attached hydrogens (tertiary/aromatic N) is 1. The molecule has 2 N–H and O–H groups in total. The van der Waals surface area contributed by atoms with Crippen molar-refractivity contribution >= 4 is 31.8 Å². The van der Waals surface area contributed by atoms with Crippen molar-refractivity contribution < 1.29 is 57.5 Å². The third kappa shape index (κ3) is 12.9. The van der Waals surface area contributed by atoms with Crippen molar-refractivity contribution in [3.8, 4) is 0 Å². The van der Waals surface area contributed by atoms with Gasteiger partial charge in [-0.3, -0.25) is 14.4 Å². The van der Waals surface area contributed by atoms with Crippen molar-refractivity contribution in [2.24, 2.45) is 29.6 Å². The molecule has 1 aliphatic carbocycles. The molecule has 14 heteroatoms. The van der Waals surface area contributed by atoms with Crippen LogP contribution in [0.1, 0.15) is 126 Å². The molecule has 2 saturated heterocycles. The first-order chi connectivity index (χ1) is 29.9. The third-order valence-corrected chi connectivity index (χ3v) is 19.6. The highest BCUT2D eigenvalue weighted by atomic mass is 28.4. The van der Waals surface area contributed by atoms with E-state index < -0.39 is 92.2 Å². The maximum atomic E-state index is 14.8. The fraction of sp³-hybridized carbons (Fsp3) is 0.800. The first-order valence-corrected chi connectivity index (χ1v) is 26.7. The Balaban J connectivity index is 1.90. The summed E-state index contributed by atoms with van der Waals surface area (Å²) in [6, 6.07) is -1.12. The number of ether oxygens (including phenoxy) is 5. The molecule has 14 unspecified atom stereocenters. The number of rotatable bonds is 9. The fourth-order valence-corrected chi connectivity index (χ4v) is 11.5. The number of aliphatic hydroxyl groups is 2. The zero-order valence-electron chi connectivity index (χ0n) is 41.4. The number of piperidine rings is 1. The molecular weight excluding hydrogens is 835 g/mol. The lowest BCUT2D eigenvalue weighted by atomic mass is 9.81. The molecule has 0 aromatic heterocycles. The standard InChI is InChI=1S/C50H83NO12Si/c1-15-18-36-24-30(2)23-31(3)25-42(59-11)45-43(60-12)27-33(5)50(57,62-45)46(54)47(55)51-22-17-16-19-37(51)48(56)61-44(32(4)26-35-20-21-38(52)41(28-35)58-10)34(6)40(29-39(36)53)63-64(13,14)49(7,8)9/h15,24,26,31,33-38,40-45,52,57H,1,16-23,25,27-29H2,2-14H3/b30-24-,32-26+. The Morgan fingerprint density at radius 1 is 0.938 bits per heavy atom. The van der Waals surface area contributed by atoms with Gasteiger partial charge in [-0.2, -0.15) is 0 Å². The second kappa shape index (κ2) is 23.0. The molecule has 0 aromatic rings. The number of fused-ring (bicyclic) bond motifs is 3. The lowest BCUT2D eigenvalue weighted by Crippen LogP contribution is -2.64. The summed E-state index contributed by atoms with van der Waals surface area (Å²) in [6.07, 6.45) is 6.43. The molecule has 13 nitrogen and oxygen atoms in total. The molecule has 0 spiro atoms. The number of carbonyl (C=O) groups excluding carboxylic acids is 4. The number of aliphatic hydroxyl groups excluding tert-OH is 1. The minimum Gasteiger partial charge on any atom is -0.456 e. The number of methoxy groups -OCH3 is 3. The molecule has 3 heterocycles. The Labute approximate surface area is 385 Å². The number of amides is 1. The van der Waals surface area contributed by atoms with Gasteiger partial charge in [0.05, 0.1) is 30.5 Å². The molecule has 64 heavy (non-hydrogen) atoms. The van der Waals surface area contributed by atoms with Crippen molar-refractivity contribution in [3.05, 3.63) is 36.0 Å². The summed E-state index contributed by atoms with van der Waals surface area (Å²) in [5.74, 6) is -7.14. The van der Waals surface area contributed by atoms with E-state index in [4.69, 9.17) is 28.1 Å². The van der Waals surface area contributed by atoms with Crippen LogP contribution in [-0.2, 0) is 47.3 Å². The van der Waals surface area contributed by atoms with Gasteiger partial charge in [0.1, 0.15) is 24.0 Å². The van der Waals surface area contributed by atoms with Crippen LogP contribution in [0.2, 0.25) is 18.1 Å². The lowest BCUT2D eigenvalue weighted by molar-refractivity contribution is -0.302. The fourth-order valence-electron chi connectivity index (χ4n) is 10.1. The smallest absolute Gasteiger partial charge is 0.329 e. The average Bonchev–Trinajstić information content (AvgIpc) is 3.23. The normalized spacial score (nSPS) is 38.4. The number of hydrogen-bond donors (Lipinski definition) is 2. The molecular formula is C50H83NO12Si. The molecule has 1 amide bonds. The van der Waals surface area contributed by atoms with Crippen LogP contribution in [0.5, 0.6) is 0 Å². The zero-order chi connectivity index (χ0) is 47.9. The molecule has 0 aromatic carbocycles. The molecule has 3 fully saturated rings. The van der Waals surface area contributed by atoms with Gasteiger partial charge >= 0.3 is 5.97 Å². The Morgan fingerprint density at radius 2 is 1.58 bits per heavy atom. The van der Waals surface area contributed by atoms with Crippen LogP contribution < -0.4 is 0 Å². The van der Waals surface area contributed by atoms with Gasteiger partial charge in [0.25, 0.3) is 11.7 Å². The molecule has 3 aliphatic heterocycles. The molecule has 2 bridgehead atoms. The highest BCUT2D eigenvalue weighted by Crippen LogP contribution is 2.42. The minimum atomic E-state index is -2.55. The van der Waals surface area contributed by atoms with Gasteiger partial charge in [-0.1, -0.05) is 65.3 Å². The van der Waals surface area contributed by atoms with Gasteiger partial charge in [0, 0.05) is 52.0 Å². The Morgan fingerprint density at radius 3 is 2.19 bits per heavy atom. The number of esters is 1. The van der Waals surface area contributed by atoms with E-state index in [1.807, 2.05) is 26.8 Å². The topological polar surface area (TPSA) is 167 Å². The predicted molar refractivity (Wildman–Crippen MR) is 249 cm³/mol. The van der Waals surface area contributed by atoms with E-state index in [1.54, 1.807) is 34.3 Å². The van der Waals surface area contributed by atoms with Crippen LogP contribution in [0.3, 0.4) is 0 Å². The summed E-state index contributed by atoms with van der Waals surface area (Å²) in [4.78, 5) is 59.7. The zero-order valence-corrected chi connectivity index (χ0v) is 42.4. The van der Waals surface area contributed by atoms with E-state index in [1.165, 1.54) is 4.90 Å². The van der Waals surface area contributed by atoms with Crippen molar-refractivity contribution in [1.82, 2.24) is 4.90 Å². The van der Waals surface area contributed by atoms with Gasteiger partial charge < -0.3 is 43.2 Å². The lowest BCUT2D eigenvalue weighted by Gasteiger charge is -2.47. The third-order valence-electron chi connectivity index (χ3n) is 15.1. The van der Waals surface area contributed by atoms with Crippen LogP contribution in [0.4, 0.5) is 0 Å². The molecule has 0 radical (unpaired) electrons. The van der Waals surface area contributed by atoms with Gasteiger partial charge in [-0.05, 0) is 114 Å². The van der Waals surface area contributed by atoms with Crippen molar-refractivity contribution in [3.63, 3.8) is 0 Å². The van der Waals surface area contributed by atoms with Crippen molar-refractivity contribution in [2.45, 2.75) is 199 Å². The van der Waals surface area contributed by atoms with Crippen molar-refractivity contribution in [2.75, 3.05) is 27.9 Å². The highest BCUT2D eigenvalue weighted by molar-refractivity contribution is 6.74. The van der Waals surface area contributed by atoms with Crippen molar-refractivity contribution in [1.29, 1.82) is 0 Å². The van der Waals surface area contributed by atoms with Crippen LogP contribution in [0.15, 0.2) is 36.0 Å². The summed E-state index contributed by atoms with van der Waals surface area (Å²) in [5, 5.41) is 22.6. The number of Topliss-reactive ketones (excluding diaryl/α,β-unsaturated/α-hetero) is 2. The van der Waals surface area contributed by atoms with E-state index in [-0.39, 0.29) is 54.6 Å². The summed E-state index contributed by atoms with van der Waals surface area (Å²) in [5.41, 5.74) is 1.77. The van der Waals surface area contributed by atoms with Gasteiger partial charge in [-0.15, -0.1) is 6.58 Å². The largest absolute Gasteiger partial charge is 0.456 e. The second-order valence-electron chi connectivity index (χ2n) is 21.1. The van der Waals surface area contributed by atoms with E-state index in [0.29, 0.717) is 51.4 Å². The molecule has 4 aliphatic rings. The number of carbonyl (C=O) groups is 4. The molecule has 4 rings (SSSR count). The average molecular weight is 918 g/mol. The first kappa shape index (κ1) is 54.0.